The van der Waals surface area contributed by atoms with E-state index in [1.807, 2.05) is 0 Å². The molecule has 1 amide bonds. The van der Waals surface area contributed by atoms with Gasteiger partial charge in [-0.3, -0.25) is 9.35 Å². The molecule has 130 valence electrons. The third-order valence-corrected chi connectivity index (χ3v) is 3.48. The SMILES string of the molecule is N#C/C(=C/NCCOCCO)C(=O)Nc1cccc(S(=O)(=O)O)c1. The van der Waals surface area contributed by atoms with Crippen LogP contribution < -0.4 is 10.6 Å². The molecule has 0 saturated carbocycles. The summed E-state index contributed by atoms with van der Waals surface area (Å²) >= 11 is 0. The van der Waals surface area contributed by atoms with Gasteiger partial charge in [0.2, 0.25) is 0 Å². The number of hydrogen-bond acceptors (Lipinski definition) is 7. The van der Waals surface area contributed by atoms with Gasteiger partial charge < -0.3 is 20.5 Å². The maximum absolute atomic E-state index is 12.0. The van der Waals surface area contributed by atoms with Gasteiger partial charge >= 0.3 is 0 Å². The van der Waals surface area contributed by atoms with E-state index in [-0.39, 0.29) is 36.0 Å². The summed E-state index contributed by atoms with van der Waals surface area (Å²) in [6.45, 7) is 0.718. The van der Waals surface area contributed by atoms with E-state index in [0.717, 1.165) is 6.07 Å². The monoisotopic (exact) mass is 355 g/mol. The maximum atomic E-state index is 12.0. The molecule has 0 bridgehead atoms. The number of rotatable bonds is 9. The number of anilines is 1. The van der Waals surface area contributed by atoms with Gasteiger partial charge in [0, 0.05) is 18.4 Å². The van der Waals surface area contributed by atoms with Gasteiger partial charge in [-0.1, -0.05) is 6.07 Å². The van der Waals surface area contributed by atoms with E-state index in [9.17, 15) is 13.2 Å². The molecule has 0 spiro atoms. The van der Waals surface area contributed by atoms with Gasteiger partial charge in [-0.05, 0) is 18.2 Å². The second-order valence-corrected chi connectivity index (χ2v) is 5.84. The first-order chi connectivity index (χ1) is 11.4. The smallest absolute Gasteiger partial charge is 0.294 e. The molecular weight excluding hydrogens is 338 g/mol. The van der Waals surface area contributed by atoms with Crippen molar-refractivity contribution in [2.75, 3.05) is 31.7 Å². The molecule has 0 radical (unpaired) electrons. The molecule has 0 fully saturated rings. The fourth-order valence-electron chi connectivity index (χ4n) is 1.55. The molecule has 1 aromatic carbocycles. The van der Waals surface area contributed by atoms with Crippen LogP contribution in [0.25, 0.3) is 0 Å². The lowest BCUT2D eigenvalue weighted by Gasteiger charge is -2.06. The van der Waals surface area contributed by atoms with Crippen molar-refractivity contribution in [1.82, 2.24) is 5.32 Å². The summed E-state index contributed by atoms with van der Waals surface area (Å²) in [5.74, 6) is -0.742. The number of nitrogens with one attached hydrogen (secondary N) is 2. The fraction of sp³-hybridized carbons (Fsp3) is 0.286. The summed E-state index contributed by atoms with van der Waals surface area (Å²) in [5, 5.41) is 22.6. The normalized spacial score (nSPS) is 11.6. The molecule has 4 N–H and O–H groups in total. The van der Waals surface area contributed by atoms with E-state index in [1.54, 1.807) is 6.07 Å². The number of carbonyl (C=O) groups excluding carboxylic acids is 1. The Kier molecular flexibility index (Phi) is 7.87. The van der Waals surface area contributed by atoms with E-state index >= 15 is 0 Å². The minimum absolute atomic E-state index is 0.0929. The second kappa shape index (κ2) is 9.64. The van der Waals surface area contributed by atoms with Crippen molar-refractivity contribution in [3.05, 3.63) is 36.0 Å². The standard InChI is InChI=1S/C14H17N3O6S/c15-9-11(10-16-4-6-23-7-5-18)14(19)17-12-2-1-3-13(8-12)24(20,21)22/h1-3,8,10,16,18H,4-7H2,(H,17,19)(H,20,21,22)/b11-10-. The number of amides is 1. The summed E-state index contributed by atoms with van der Waals surface area (Å²) in [6.07, 6.45) is 1.20. The average Bonchev–Trinajstić information content (AvgIpc) is 2.53. The number of nitriles is 1. The van der Waals surface area contributed by atoms with Gasteiger partial charge in [-0.15, -0.1) is 0 Å². The number of carbonyl (C=O) groups is 1. The zero-order valence-electron chi connectivity index (χ0n) is 12.6. The molecule has 0 aliphatic rings. The van der Waals surface area contributed by atoms with Crippen LogP contribution in [0.15, 0.2) is 40.9 Å². The summed E-state index contributed by atoms with van der Waals surface area (Å²) in [4.78, 5) is 11.6. The lowest BCUT2D eigenvalue weighted by atomic mass is 10.2. The molecule has 0 atom stereocenters. The highest BCUT2D eigenvalue weighted by molar-refractivity contribution is 7.85. The molecule has 9 nitrogen and oxygen atoms in total. The van der Waals surface area contributed by atoms with Crippen LogP contribution in [-0.4, -0.2) is 50.3 Å². The number of aliphatic hydroxyl groups excluding tert-OH is 1. The van der Waals surface area contributed by atoms with E-state index < -0.39 is 16.0 Å². The van der Waals surface area contributed by atoms with E-state index in [2.05, 4.69) is 10.6 Å². The Hall–Kier alpha value is -2.45. The quantitative estimate of drug-likeness (QED) is 0.207. The van der Waals surface area contributed by atoms with E-state index in [4.69, 9.17) is 19.7 Å². The van der Waals surface area contributed by atoms with Crippen molar-refractivity contribution in [3.8, 4) is 6.07 Å². The first-order valence-electron chi connectivity index (χ1n) is 6.79. The molecule has 10 heteroatoms. The van der Waals surface area contributed by atoms with Gasteiger partial charge in [-0.2, -0.15) is 13.7 Å². The number of nitrogens with zero attached hydrogens (tertiary/aromatic N) is 1. The Labute approximate surface area is 139 Å². The largest absolute Gasteiger partial charge is 0.394 e. The Bertz CT molecular complexity index is 739. The highest BCUT2D eigenvalue weighted by atomic mass is 32.2. The van der Waals surface area contributed by atoms with Gasteiger partial charge in [-0.25, -0.2) is 0 Å². The van der Waals surface area contributed by atoms with Crippen molar-refractivity contribution in [3.63, 3.8) is 0 Å². The minimum Gasteiger partial charge on any atom is -0.394 e. The third kappa shape index (κ3) is 6.76. The Morgan fingerprint density at radius 3 is 2.75 bits per heavy atom. The maximum Gasteiger partial charge on any atom is 0.294 e. The Morgan fingerprint density at radius 1 is 1.38 bits per heavy atom. The fourth-order valence-corrected chi connectivity index (χ4v) is 2.08. The molecule has 1 rings (SSSR count). The molecule has 0 aliphatic heterocycles. The van der Waals surface area contributed by atoms with Crippen LogP contribution in [0.5, 0.6) is 0 Å². The van der Waals surface area contributed by atoms with Crippen molar-refractivity contribution in [2.45, 2.75) is 4.90 Å². The van der Waals surface area contributed by atoms with Crippen LogP contribution in [0.3, 0.4) is 0 Å². The molecule has 0 aliphatic carbocycles. The predicted molar refractivity (Wildman–Crippen MR) is 84.5 cm³/mol. The van der Waals surface area contributed by atoms with E-state index in [0.29, 0.717) is 6.54 Å². The molecule has 0 heterocycles. The summed E-state index contributed by atoms with van der Waals surface area (Å²) in [6, 6.07) is 6.69. The van der Waals surface area contributed by atoms with Crippen molar-refractivity contribution >= 4 is 21.7 Å². The molecule has 24 heavy (non-hydrogen) atoms. The number of hydrogen-bond donors (Lipinski definition) is 4. The molecule has 0 saturated heterocycles. The van der Waals surface area contributed by atoms with Crippen molar-refractivity contribution < 1.29 is 27.6 Å². The zero-order valence-corrected chi connectivity index (χ0v) is 13.4. The second-order valence-electron chi connectivity index (χ2n) is 4.42. The van der Waals surface area contributed by atoms with Crippen LogP contribution in [0.4, 0.5) is 5.69 Å². The molecule has 1 aromatic rings. The minimum atomic E-state index is -4.39. The first-order valence-corrected chi connectivity index (χ1v) is 8.23. The number of ether oxygens (including phenoxy) is 1. The van der Waals surface area contributed by atoms with Gasteiger partial charge in [0.05, 0.1) is 24.7 Å². The Balaban J connectivity index is 2.66. The van der Waals surface area contributed by atoms with Crippen LogP contribution >= 0.6 is 0 Å². The van der Waals surface area contributed by atoms with Crippen LogP contribution in [0.1, 0.15) is 0 Å². The zero-order chi connectivity index (χ0) is 18.0. The highest BCUT2D eigenvalue weighted by Crippen LogP contribution is 2.15. The summed E-state index contributed by atoms with van der Waals surface area (Å²) < 4.78 is 36.1. The van der Waals surface area contributed by atoms with Gasteiger partial charge in [0.25, 0.3) is 16.0 Å². The number of aliphatic hydroxyl groups is 1. The third-order valence-electron chi connectivity index (χ3n) is 2.63. The lowest BCUT2D eigenvalue weighted by Crippen LogP contribution is -2.19. The topological polar surface area (TPSA) is 149 Å². The van der Waals surface area contributed by atoms with E-state index in [1.165, 1.54) is 24.4 Å². The summed E-state index contributed by atoms with van der Waals surface area (Å²) in [7, 11) is -4.39. The molecule has 0 unspecified atom stereocenters. The average molecular weight is 355 g/mol. The van der Waals surface area contributed by atoms with Crippen molar-refractivity contribution in [1.29, 1.82) is 5.26 Å². The van der Waals surface area contributed by atoms with Crippen LogP contribution in [-0.2, 0) is 19.6 Å². The molecular formula is C14H17N3O6S. The van der Waals surface area contributed by atoms with Crippen molar-refractivity contribution in [2.24, 2.45) is 0 Å². The number of benzene rings is 1. The highest BCUT2D eigenvalue weighted by Gasteiger charge is 2.13. The molecule has 0 aromatic heterocycles. The summed E-state index contributed by atoms with van der Waals surface area (Å²) in [5.41, 5.74) is -0.114. The predicted octanol–water partition coefficient (Wildman–Crippen LogP) is -0.122. The van der Waals surface area contributed by atoms with Crippen LogP contribution in [0.2, 0.25) is 0 Å². The Morgan fingerprint density at radius 2 is 2.12 bits per heavy atom. The first kappa shape index (κ1) is 19.6. The van der Waals surface area contributed by atoms with Gasteiger partial charge in [0.1, 0.15) is 11.6 Å². The van der Waals surface area contributed by atoms with Gasteiger partial charge in [0.15, 0.2) is 0 Å². The lowest BCUT2D eigenvalue weighted by molar-refractivity contribution is -0.112. The van der Waals surface area contributed by atoms with Crippen LogP contribution in [0, 0.1) is 11.3 Å².